The molecule has 0 bridgehead atoms. The van der Waals surface area contributed by atoms with Crippen LogP contribution < -0.4 is 0 Å². The van der Waals surface area contributed by atoms with Crippen LogP contribution in [0.4, 0.5) is 0 Å². The Hall–Kier alpha value is 0.640. The van der Waals surface area contributed by atoms with Crippen LogP contribution in [0, 0.1) is 0 Å². The SMILES string of the molecule is CCCCCCSCCCCCC.Cl. The molecule has 0 N–H and O–H groups in total. The fourth-order valence-corrected chi connectivity index (χ4v) is 2.38. The van der Waals surface area contributed by atoms with Crippen LogP contribution in [0.15, 0.2) is 0 Å². The maximum absolute atomic E-state index is 2.28. The van der Waals surface area contributed by atoms with Gasteiger partial charge in [-0.05, 0) is 24.3 Å². The van der Waals surface area contributed by atoms with Crippen LogP contribution in [-0.2, 0) is 0 Å². The average molecular weight is 239 g/mol. The van der Waals surface area contributed by atoms with Crippen LogP contribution in [0.1, 0.15) is 65.2 Å². The van der Waals surface area contributed by atoms with Crippen molar-refractivity contribution in [1.29, 1.82) is 0 Å². The van der Waals surface area contributed by atoms with Gasteiger partial charge in [-0.2, -0.15) is 11.8 Å². The molecule has 0 atom stereocenters. The average Bonchev–Trinajstić information content (AvgIpc) is 2.16. The van der Waals surface area contributed by atoms with E-state index in [1.165, 1.54) is 62.9 Å². The quantitative estimate of drug-likeness (QED) is 0.466. The molecule has 0 radical (unpaired) electrons. The minimum absolute atomic E-state index is 0. The van der Waals surface area contributed by atoms with Gasteiger partial charge in [0.25, 0.3) is 0 Å². The highest BCUT2D eigenvalue weighted by Gasteiger charge is 1.90. The molecular weight excluding hydrogens is 212 g/mol. The third-order valence-electron chi connectivity index (χ3n) is 2.28. The Balaban J connectivity index is 0. The second-order valence-electron chi connectivity index (χ2n) is 3.73. The molecular formula is C12H27ClS. The Morgan fingerprint density at radius 3 is 1.43 bits per heavy atom. The van der Waals surface area contributed by atoms with Gasteiger partial charge in [0, 0.05) is 0 Å². The van der Waals surface area contributed by atoms with Gasteiger partial charge in [-0.25, -0.2) is 0 Å². The van der Waals surface area contributed by atoms with Crippen molar-refractivity contribution in [2.45, 2.75) is 65.2 Å². The predicted octanol–water partition coefficient (Wildman–Crippen LogP) is 5.30. The zero-order valence-corrected chi connectivity index (χ0v) is 11.5. The van der Waals surface area contributed by atoms with Crippen molar-refractivity contribution in [2.24, 2.45) is 0 Å². The topological polar surface area (TPSA) is 0 Å². The summed E-state index contributed by atoms with van der Waals surface area (Å²) < 4.78 is 0. The molecule has 2 heteroatoms. The lowest BCUT2D eigenvalue weighted by Gasteiger charge is -2.00. The van der Waals surface area contributed by atoms with Gasteiger partial charge >= 0.3 is 0 Å². The first-order chi connectivity index (χ1) is 6.41. The molecule has 88 valence electrons. The van der Waals surface area contributed by atoms with Crippen molar-refractivity contribution >= 4 is 24.2 Å². The fourth-order valence-electron chi connectivity index (χ4n) is 1.36. The van der Waals surface area contributed by atoms with Gasteiger partial charge in [0.05, 0.1) is 0 Å². The van der Waals surface area contributed by atoms with Crippen LogP contribution in [0.25, 0.3) is 0 Å². The van der Waals surface area contributed by atoms with E-state index < -0.39 is 0 Å². The summed E-state index contributed by atoms with van der Waals surface area (Å²) in [5, 5.41) is 0. The van der Waals surface area contributed by atoms with E-state index in [9.17, 15) is 0 Å². The minimum Gasteiger partial charge on any atom is -0.162 e. The van der Waals surface area contributed by atoms with E-state index in [0.29, 0.717) is 0 Å². The first-order valence-corrected chi connectivity index (χ1v) is 7.15. The monoisotopic (exact) mass is 238 g/mol. The van der Waals surface area contributed by atoms with Crippen molar-refractivity contribution in [2.75, 3.05) is 11.5 Å². The summed E-state index contributed by atoms with van der Waals surface area (Å²) in [5.74, 6) is 2.79. The van der Waals surface area contributed by atoms with Crippen LogP contribution in [0.5, 0.6) is 0 Å². The number of thioether (sulfide) groups is 1. The van der Waals surface area contributed by atoms with E-state index in [4.69, 9.17) is 0 Å². The molecule has 0 spiro atoms. The van der Waals surface area contributed by atoms with E-state index in [-0.39, 0.29) is 12.4 Å². The fraction of sp³-hybridized carbons (Fsp3) is 1.00. The van der Waals surface area contributed by atoms with Crippen LogP contribution >= 0.6 is 24.2 Å². The number of hydrogen-bond acceptors (Lipinski definition) is 1. The summed E-state index contributed by atoms with van der Waals surface area (Å²) in [7, 11) is 0. The summed E-state index contributed by atoms with van der Waals surface area (Å²) in [6.45, 7) is 4.55. The van der Waals surface area contributed by atoms with Crippen molar-refractivity contribution in [1.82, 2.24) is 0 Å². The molecule has 0 aliphatic carbocycles. The van der Waals surface area contributed by atoms with E-state index >= 15 is 0 Å². The van der Waals surface area contributed by atoms with E-state index in [0.717, 1.165) is 0 Å². The van der Waals surface area contributed by atoms with E-state index in [1.807, 2.05) is 0 Å². The molecule has 0 saturated heterocycles. The Morgan fingerprint density at radius 1 is 0.643 bits per heavy atom. The molecule has 0 fully saturated rings. The Labute approximate surface area is 101 Å². The van der Waals surface area contributed by atoms with Crippen LogP contribution in [0.3, 0.4) is 0 Å². The van der Waals surface area contributed by atoms with Gasteiger partial charge < -0.3 is 0 Å². The summed E-state index contributed by atoms with van der Waals surface area (Å²) >= 11 is 2.15. The molecule has 0 aliphatic rings. The molecule has 0 rings (SSSR count). The largest absolute Gasteiger partial charge is 0.162 e. The van der Waals surface area contributed by atoms with E-state index in [1.54, 1.807) is 0 Å². The Bertz CT molecular complexity index is 76.4. The zero-order valence-electron chi connectivity index (χ0n) is 9.89. The standard InChI is InChI=1S/C12H26S.ClH/c1-3-5-7-9-11-13-12-10-8-6-4-2;/h3-12H2,1-2H3;1H. The molecule has 0 aromatic carbocycles. The molecule has 14 heavy (non-hydrogen) atoms. The second-order valence-corrected chi connectivity index (χ2v) is 4.96. The molecule has 0 aromatic rings. The van der Waals surface area contributed by atoms with Crippen molar-refractivity contribution in [3.8, 4) is 0 Å². The van der Waals surface area contributed by atoms with Crippen molar-refractivity contribution < 1.29 is 0 Å². The molecule has 0 unspecified atom stereocenters. The number of hydrogen-bond donors (Lipinski definition) is 0. The van der Waals surface area contributed by atoms with Gasteiger partial charge in [0.15, 0.2) is 0 Å². The van der Waals surface area contributed by atoms with Gasteiger partial charge in [-0.1, -0.05) is 52.4 Å². The third-order valence-corrected chi connectivity index (χ3v) is 3.44. The summed E-state index contributed by atoms with van der Waals surface area (Å²) in [6, 6.07) is 0. The first kappa shape index (κ1) is 17.0. The molecule has 0 aliphatic heterocycles. The van der Waals surface area contributed by atoms with E-state index in [2.05, 4.69) is 25.6 Å². The lowest BCUT2D eigenvalue weighted by molar-refractivity contribution is 0.700. The number of rotatable bonds is 10. The summed E-state index contributed by atoms with van der Waals surface area (Å²) in [4.78, 5) is 0. The van der Waals surface area contributed by atoms with Gasteiger partial charge in [-0.3, -0.25) is 0 Å². The molecule has 0 nitrogen and oxygen atoms in total. The van der Waals surface area contributed by atoms with Crippen molar-refractivity contribution in [3.05, 3.63) is 0 Å². The highest BCUT2D eigenvalue weighted by molar-refractivity contribution is 7.99. The second kappa shape index (κ2) is 16.1. The molecule has 0 amide bonds. The van der Waals surface area contributed by atoms with Crippen molar-refractivity contribution in [3.63, 3.8) is 0 Å². The molecule has 0 aromatic heterocycles. The highest BCUT2D eigenvalue weighted by atomic mass is 35.5. The van der Waals surface area contributed by atoms with Gasteiger partial charge in [0.1, 0.15) is 0 Å². The van der Waals surface area contributed by atoms with Crippen LogP contribution in [-0.4, -0.2) is 11.5 Å². The maximum atomic E-state index is 2.28. The lowest BCUT2D eigenvalue weighted by atomic mass is 10.2. The van der Waals surface area contributed by atoms with Gasteiger partial charge in [0.2, 0.25) is 0 Å². The minimum atomic E-state index is 0. The van der Waals surface area contributed by atoms with Crippen LogP contribution in [0.2, 0.25) is 0 Å². The lowest BCUT2D eigenvalue weighted by Crippen LogP contribution is -1.85. The normalized spacial score (nSPS) is 9.86. The molecule has 0 heterocycles. The highest BCUT2D eigenvalue weighted by Crippen LogP contribution is 2.10. The molecule has 0 saturated carbocycles. The third kappa shape index (κ3) is 15.1. The number of halogens is 1. The summed E-state index contributed by atoms with van der Waals surface area (Å²) in [6.07, 6.45) is 11.3. The van der Waals surface area contributed by atoms with Gasteiger partial charge in [-0.15, -0.1) is 12.4 Å². The number of unbranched alkanes of at least 4 members (excludes halogenated alkanes) is 6. The zero-order chi connectivity index (χ0) is 9.78. The Morgan fingerprint density at radius 2 is 1.07 bits per heavy atom. The summed E-state index contributed by atoms with van der Waals surface area (Å²) in [5.41, 5.74) is 0. The maximum Gasteiger partial charge on any atom is -0.00675 e. The Kier molecular flexibility index (Phi) is 19.6. The first-order valence-electron chi connectivity index (χ1n) is 5.99. The predicted molar refractivity (Wildman–Crippen MR) is 72.9 cm³/mol. The smallest absolute Gasteiger partial charge is 0.00675 e.